The number of rotatable bonds is 10. The first kappa shape index (κ1) is 28.1. The second-order valence-corrected chi connectivity index (χ2v) is 11.2. The van der Waals surface area contributed by atoms with E-state index in [2.05, 4.69) is 10.1 Å². The molecule has 12 nitrogen and oxygen atoms in total. The monoisotopic (exact) mass is 544 g/mol. The topological polar surface area (TPSA) is 164 Å². The van der Waals surface area contributed by atoms with E-state index in [-0.39, 0.29) is 17.7 Å². The molecule has 4 N–H and O–H groups in total. The number of aromatic nitrogens is 2. The van der Waals surface area contributed by atoms with Crippen molar-refractivity contribution in [1.82, 2.24) is 14.6 Å². The number of benzene rings is 1. The lowest BCUT2D eigenvalue weighted by atomic mass is 10.0. The van der Waals surface area contributed by atoms with Crippen molar-refractivity contribution < 1.29 is 33.0 Å². The number of anilines is 1. The number of nitrogen functional groups attached to an aromatic ring is 1. The minimum atomic E-state index is -4.21. The van der Waals surface area contributed by atoms with E-state index in [1.54, 1.807) is 44.2 Å². The van der Waals surface area contributed by atoms with Crippen LogP contribution < -0.4 is 21.0 Å². The Kier molecular flexibility index (Phi) is 8.81. The zero-order valence-corrected chi connectivity index (χ0v) is 21.9. The largest absolute Gasteiger partial charge is 0.462 e. The normalized spacial score (nSPS) is 26.4. The molecule has 3 unspecified atom stereocenters. The number of carbonyl (C=O) groups excluding carboxylic acids is 1. The molecule has 2 aromatic rings. The van der Waals surface area contributed by atoms with E-state index in [0.717, 1.165) is 4.57 Å². The van der Waals surface area contributed by atoms with E-state index in [0.29, 0.717) is 0 Å². The van der Waals surface area contributed by atoms with Gasteiger partial charge in [0.25, 0.3) is 0 Å². The van der Waals surface area contributed by atoms with Gasteiger partial charge in [0.05, 0.1) is 12.7 Å². The molecule has 1 aromatic carbocycles. The third kappa shape index (κ3) is 6.64. The first-order valence-electron chi connectivity index (χ1n) is 11.2. The van der Waals surface area contributed by atoms with E-state index in [1.807, 2.05) is 0 Å². The van der Waals surface area contributed by atoms with E-state index >= 15 is 0 Å². The van der Waals surface area contributed by atoms with Gasteiger partial charge in [0.15, 0.2) is 6.23 Å². The fraction of sp³-hybridized carbons (Fsp3) is 0.500. The number of esters is 1. The highest BCUT2D eigenvalue weighted by Gasteiger charge is 2.54. The lowest BCUT2D eigenvalue weighted by Gasteiger charge is -2.26. The average Bonchev–Trinajstić information content (AvgIpc) is 3.01. The number of para-hydroxylation sites is 1. The van der Waals surface area contributed by atoms with Crippen LogP contribution in [0.3, 0.4) is 0 Å². The van der Waals surface area contributed by atoms with Crippen molar-refractivity contribution in [3.8, 4) is 5.75 Å². The minimum Gasteiger partial charge on any atom is -0.462 e. The molecule has 3 rings (SSSR count). The quantitative estimate of drug-likeness (QED) is 0.228. The third-order valence-corrected chi connectivity index (χ3v) is 7.31. The van der Waals surface area contributed by atoms with Crippen molar-refractivity contribution in [2.24, 2.45) is 0 Å². The van der Waals surface area contributed by atoms with Crippen LogP contribution in [-0.2, 0) is 23.4 Å². The smallest absolute Gasteiger partial charge is 0.459 e. The Bertz CT molecular complexity index is 1160. The number of hydrogen-bond acceptors (Lipinski definition) is 10. The maximum Gasteiger partial charge on any atom is 0.459 e. The number of halogens is 1. The zero-order valence-electron chi connectivity index (χ0n) is 20.2. The van der Waals surface area contributed by atoms with E-state index in [1.165, 1.54) is 26.1 Å². The number of aliphatic hydroxyl groups excluding tert-OH is 1. The molecule has 0 bridgehead atoms. The van der Waals surface area contributed by atoms with Gasteiger partial charge in [-0.1, -0.05) is 18.2 Å². The van der Waals surface area contributed by atoms with Crippen LogP contribution in [-0.4, -0.2) is 56.5 Å². The fourth-order valence-electron chi connectivity index (χ4n) is 3.46. The Balaban J connectivity index is 1.79. The van der Waals surface area contributed by atoms with Gasteiger partial charge in [0.2, 0.25) is 0 Å². The number of ether oxygens (including phenoxy) is 2. The zero-order chi connectivity index (χ0) is 26.7. The van der Waals surface area contributed by atoms with Crippen LogP contribution in [0, 0.1) is 0 Å². The highest BCUT2D eigenvalue weighted by atomic mass is 35.5. The summed E-state index contributed by atoms with van der Waals surface area (Å²) in [4.78, 5) is 26.8. The molecule has 0 amide bonds. The SMILES string of the molecule is CC(C)OC(=O)C(C)NP(=O)(OCC1O[C@@H](n2ccc(N)nc2=O)[C@](C)(Cl)[C@@H]1O)Oc1ccccc1. The second kappa shape index (κ2) is 11.3. The van der Waals surface area contributed by atoms with E-state index in [4.69, 9.17) is 35.9 Å². The molecule has 1 fully saturated rings. The van der Waals surface area contributed by atoms with Crippen molar-refractivity contribution in [1.29, 1.82) is 0 Å². The number of nitrogens with zero attached hydrogens (tertiary/aromatic N) is 2. The van der Waals surface area contributed by atoms with Crippen LogP contribution in [0.25, 0.3) is 0 Å². The van der Waals surface area contributed by atoms with Crippen molar-refractivity contribution in [3.63, 3.8) is 0 Å². The molecule has 198 valence electrons. The number of hydrogen-bond donors (Lipinski definition) is 3. The summed E-state index contributed by atoms with van der Waals surface area (Å²) in [5.74, 6) is -0.433. The Labute approximate surface area is 213 Å². The van der Waals surface area contributed by atoms with Crippen LogP contribution in [0.1, 0.15) is 33.9 Å². The summed E-state index contributed by atoms with van der Waals surface area (Å²) >= 11 is 6.55. The van der Waals surface area contributed by atoms with Gasteiger partial charge >= 0.3 is 19.4 Å². The summed E-state index contributed by atoms with van der Waals surface area (Å²) in [6.45, 7) is 5.83. The van der Waals surface area contributed by atoms with Gasteiger partial charge in [-0.05, 0) is 45.9 Å². The average molecular weight is 545 g/mol. The van der Waals surface area contributed by atoms with Crippen LogP contribution in [0.2, 0.25) is 0 Å². The predicted octanol–water partition coefficient (Wildman–Crippen LogP) is 2.21. The van der Waals surface area contributed by atoms with Gasteiger partial charge < -0.3 is 24.8 Å². The van der Waals surface area contributed by atoms with Gasteiger partial charge in [-0.2, -0.15) is 10.1 Å². The number of aliphatic hydroxyl groups is 1. The highest BCUT2D eigenvalue weighted by molar-refractivity contribution is 7.52. The molecule has 0 radical (unpaired) electrons. The molecule has 14 heteroatoms. The highest BCUT2D eigenvalue weighted by Crippen LogP contribution is 2.48. The van der Waals surface area contributed by atoms with Gasteiger partial charge in [-0.3, -0.25) is 13.9 Å². The Hall–Kier alpha value is -2.47. The molecule has 6 atom stereocenters. The van der Waals surface area contributed by atoms with Crippen LogP contribution in [0.5, 0.6) is 5.75 Å². The third-order valence-electron chi connectivity index (χ3n) is 5.26. The van der Waals surface area contributed by atoms with Gasteiger partial charge in [-0.25, -0.2) is 9.36 Å². The number of nitrogens with two attached hydrogens (primary N) is 1. The molecule has 0 spiro atoms. The first-order chi connectivity index (χ1) is 16.8. The summed E-state index contributed by atoms with van der Waals surface area (Å²) in [5, 5.41) is 13.4. The van der Waals surface area contributed by atoms with Crippen molar-refractivity contribution in [2.45, 2.75) is 63.2 Å². The van der Waals surface area contributed by atoms with Crippen molar-refractivity contribution in [2.75, 3.05) is 12.3 Å². The second-order valence-electron chi connectivity index (χ2n) is 8.70. The number of nitrogens with one attached hydrogen (secondary N) is 1. The maximum absolute atomic E-state index is 13.6. The molecular weight excluding hydrogens is 515 g/mol. The number of carbonyl (C=O) groups is 1. The summed E-state index contributed by atoms with van der Waals surface area (Å²) in [6.07, 6.45) is -2.63. The Morgan fingerprint density at radius 2 is 2.00 bits per heavy atom. The molecule has 1 aliphatic heterocycles. The van der Waals surface area contributed by atoms with Gasteiger partial charge in [0, 0.05) is 6.20 Å². The molecule has 0 saturated carbocycles. The molecule has 1 saturated heterocycles. The molecule has 1 aromatic heterocycles. The van der Waals surface area contributed by atoms with Crippen molar-refractivity contribution in [3.05, 3.63) is 53.1 Å². The Morgan fingerprint density at radius 1 is 1.33 bits per heavy atom. The van der Waals surface area contributed by atoms with Crippen LogP contribution in [0.15, 0.2) is 47.4 Å². The van der Waals surface area contributed by atoms with Gasteiger partial charge in [0.1, 0.15) is 34.7 Å². The lowest BCUT2D eigenvalue weighted by Crippen LogP contribution is -2.42. The van der Waals surface area contributed by atoms with E-state index < -0.39 is 55.4 Å². The van der Waals surface area contributed by atoms with E-state index in [9.17, 15) is 19.3 Å². The van der Waals surface area contributed by atoms with Crippen LogP contribution >= 0.6 is 19.3 Å². The molecule has 0 aliphatic carbocycles. The molecule has 36 heavy (non-hydrogen) atoms. The first-order valence-corrected chi connectivity index (χ1v) is 13.1. The Morgan fingerprint density at radius 3 is 2.61 bits per heavy atom. The standard InChI is InChI=1S/C22H30ClN4O8P/c1-13(2)33-19(29)14(3)26-36(31,35-15-8-6-5-7-9-15)32-12-16-18(28)22(4,23)20(34-16)27-11-10-17(24)25-21(27)30/h5-11,13-14,16,18,20,28H,12H2,1-4H3,(H,26,31)(H2,24,25,30)/t14?,16?,18-,20-,22-,36?/m1/s1. The summed E-state index contributed by atoms with van der Waals surface area (Å²) < 4.78 is 36.9. The summed E-state index contributed by atoms with van der Waals surface area (Å²) in [5.41, 5.74) is 4.82. The lowest BCUT2D eigenvalue weighted by molar-refractivity contribution is -0.149. The predicted molar refractivity (Wildman–Crippen MR) is 132 cm³/mol. The summed E-state index contributed by atoms with van der Waals surface area (Å²) in [6, 6.07) is 8.53. The molecular formula is C22H30ClN4O8P. The maximum atomic E-state index is 13.6. The molecule has 1 aliphatic rings. The summed E-state index contributed by atoms with van der Waals surface area (Å²) in [7, 11) is -4.21. The van der Waals surface area contributed by atoms with Crippen LogP contribution in [0.4, 0.5) is 5.82 Å². The van der Waals surface area contributed by atoms with Gasteiger partial charge in [-0.15, -0.1) is 11.6 Å². The fourth-order valence-corrected chi connectivity index (χ4v) is 5.26. The van der Waals surface area contributed by atoms with Crippen molar-refractivity contribution >= 4 is 31.1 Å². The molecule has 2 heterocycles. The number of alkyl halides is 1. The minimum absolute atomic E-state index is 0.0149.